The van der Waals surface area contributed by atoms with Crippen LogP contribution in [0.4, 0.5) is 0 Å². The smallest absolute Gasteiger partial charge is 0.162 e. The molecule has 0 aliphatic rings. The molecule has 50 valence electrons. The van der Waals surface area contributed by atoms with Gasteiger partial charge in [-0.1, -0.05) is 13.8 Å². The van der Waals surface area contributed by atoms with Gasteiger partial charge in [0.15, 0.2) is 5.76 Å². The van der Waals surface area contributed by atoms with Crippen molar-refractivity contribution in [1.82, 2.24) is 10.4 Å². The molecule has 0 amide bonds. The first kappa shape index (κ1) is 6.26. The Kier molecular flexibility index (Phi) is 1.51. The van der Waals surface area contributed by atoms with Crippen LogP contribution in [0.1, 0.15) is 31.2 Å². The molecule has 0 N–H and O–H groups in total. The van der Waals surface area contributed by atoms with Gasteiger partial charge in [-0.2, -0.15) is 0 Å². The van der Waals surface area contributed by atoms with Crippen LogP contribution in [0.5, 0.6) is 0 Å². The van der Waals surface area contributed by atoms with Crippen LogP contribution >= 0.6 is 0 Å². The van der Waals surface area contributed by atoms with E-state index in [-0.39, 0.29) is 0 Å². The standard InChI is InChI=1S/C6H10N2O/c1-4(2)6-5(3)7-8-9-6/h4H,1-3H3. The molecule has 1 aromatic rings. The summed E-state index contributed by atoms with van der Waals surface area (Å²) in [6.07, 6.45) is 0. The fraction of sp³-hybridized carbons (Fsp3) is 0.667. The van der Waals surface area contributed by atoms with E-state index < -0.39 is 0 Å². The molecule has 0 aliphatic carbocycles. The van der Waals surface area contributed by atoms with Gasteiger partial charge in [-0.15, -0.1) is 5.10 Å². The number of aromatic nitrogens is 2. The fourth-order valence-electron chi connectivity index (χ4n) is 0.764. The summed E-state index contributed by atoms with van der Waals surface area (Å²) < 4.78 is 4.86. The van der Waals surface area contributed by atoms with E-state index in [4.69, 9.17) is 4.52 Å². The Labute approximate surface area is 54.0 Å². The maximum Gasteiger partial charge on any atom is 0.162 e. The zero-order valence-electron chi connectivity index (χ0n) is 5.88. The van der Waals surface area contributed by atoms with Crippen molar-refractivity contribution in [3.8, 4) is 0 Å². The first-order chi connectivity index (χ1) is 4.22. The first-order valence-corrected chi connectivity index (χ1v) is 3.00. The highest BCUT2D eigenvalue weighted by molar-refractivity contribution is 5.05. The van der Waals surface area contributed by atoms with Gasteiger partial charge in [-0.05, 0) is 6.92 Å². The molecule has 0 radical (unpaired) electrons. The zero-order chi connectivity index (χ0) is 6.85. The van der Waals surface area contributed by atoms with Gasteiger partial charge in [0, 0.05) is 11.2 Å². The lowest BCUT2D eigenvalue weighted by Gasteiger charge is -1.95. The van der Waals surface area contributed by atoms with Gasteiger partial charge < -0.3 is 4.52 Å². The third kappa shape index (κ3) is 1.09. The summed E-state index contributed by atoms with van der Waals surface area (Å²) in [5.74, 6) is 1.27. The van der Waals surface area contributed by atoms with Crippen LogP contribution in [0, 0.1) is 6.92 Å². The number of aryl methyl sites for hydroxylation is 1. The summed E-state index contributed by atoms with van der Waals surface area (Å²) in [5.41, 5.74) is 0.894. The van der Waals surface area contributed by atoms with Crippen molar-refractivity contribution in [3.63, 3.8) is 0 Å². The minimum atomic E-state index is 0.389. The summed E-state index contributed by atoms with van der Waals surface area (Å²) >= 11 is 0. The molecule has 0 saturated carbocycles. The fourth-order valence-corrected chi connectivity index (χ4v) is 0.764. The van der Waals surface area contributed by atoms with Crippen molar-refractivity contribution in [3.05, 3.63) is 11.5 Å². The summed E-state index contributed by atoms with van der Waals surface area (Å²) in [6, 6.07) is 0. The molecule has 3 heteroatoms. The monoisotopic (exact) mass is 126 g/mol. The van der Waals surface area contributed by atoms with Crippen molar-refractivity contribution in [1.29, 1.82) is 0 Å². The lowest BCUT2D eigenvalue weighted by molar-refractivity contribution is 0.351. The van der Waals surface area contributed by atoms with E-state index in [0.29, 0.717) is 5.92 Å². The van der Waals surface area contributed by atoms with Crippen LogP contribution < -0.4 is 0 Å². The van der Waals surface area contributed by atoms with Crippen LogP contribution in [-0.4, -0.2) is 10.4 Å². The predicted octanol–water partition coefficient (Wildman–Crippen LogP) is 1.50. The van der Waals surface area contributed by atoms with Gasteiger partial charge in [0.2, 0.25) is 0 Å². The van der Waals surface area contributed by atoms with Crippen LogP contribution in [0.2, 0.25) is 0 Å². The average molecular weight is 126 g/mol. The summed E-state index contributed by atoms with van der Waals surface area (Å²) in [4.78, 5) is 0. The first-order valence-electron chi connectivity index (χ1n) is 3.00. The largest absolute Gasteiger partial charge is 0.342 e. The molecule has 0 atom stereocenters. The molecule has 0 fully saturated rings. The van der Waals surface area contributed by atoms with E-state index in [0.717, 1.165) is 11.5 Å². The highest BCUT2D eigenvalue weighted by Gasteiger charge is 2.08. The lowest BCUT2D eigenvalue weighted by atomic mass is 10.1. The Hall–Kier alpha value is -0.860. The predicted molar refractivity (Wildman–Crippen MR) is 33.1 cm³/mol. The van der Waals surface area contributed by atoms with Crippen molar-refractivity contribution < 1.29 is 4.52 Å². The molecule has 0 spiro atoms. The van der Waals surface area contributed by atoms with Gasteiger partial charge >= 0.3 is 0 Å². The number of hydrogen-bond donors (Lipinski definition) is 0. The molecule has 1 aromatic heterocycles. The molecule has 0 bridgehead atoms. The Morgan fingerprint density at radius 3 is 2.33 bits per heavy atom. The van der Waals surface area contributed by atoms with Crippen LogP contribution in [0.3, 0.4) is 0 Å². The van der Waals surface area contributed by atoms with Crippen LogP contribution in [0.25, 0.3) is 0 Å². The molecule has 3 nitrogen and oxygen atoms in total. The Morgan fingerprint density at radius 2 is 2.11 bits per heavy atom. The Bertz CT molecular complexity index is 193. The van der Waals surface area contributed by atoms with Gasteiger partial charge in [0.1, 0.15) is 5.69 Å². The molecular formula is C6H10N2O. The molecule has 1 heterocycles. The van der Waals surface area contributed by atoms with E-state index in [9.17, 15) is 0 Å². The van der Waals surface area contributed by atoms with Crippen molar-refractivity contribution in [2.24, 2.45) is 0 Å². The second-order valence-electron chi connectivity index (χ2n) is 2.38. The summed E-state index contributed by atoms with van der Waals surface area (Å²) in [5, 5.41) is 7.14. The topological polar surface area (TPSA) is 38.9 Å². The van der Waals surface area contributed by atoms with Gasteiger partial charge in [0.25, 0.3) is 0 Å². The summed E-state index contributed by atoms with van der Waals surface area (Å²) in [6.45, 7) is 6.00. The van der Waals surface area contributed by atoms with Gasteiger partial charge in [-0.25, -0.2) is 0 Å². The maximum atomic E-state index is 4.86. The van der Waals surface area contributed by atoms with Crippen LogP contribution in [-0.2, 0) is 0 Å². The van der Waals surface area contributed by atoms with E-state index in [1.165, 1.54) is 0 Å². The molecule has 0 aromatic carbocycles. The lowest BCUT2D eigenvalue weighted by Crippen LogP contribution is -1.86. The van der Waals surface area contributed by atoms with Crippen molar-refractivity contribution in [2.45, 2.75) is 26.7 Å². The minimum absolute atomic E-state index is 0.389. The minimum Gasteiger partial charge on any atom is -0.342 e. The Morgan fingerprint density at radius 1 is 1.44 bits per heavy atom. The normalized spacial score (nSPS) is 10.7. The van der Waals surface area contributed by atoms with E-state index in [1.807, 2.05) is 6.92 Å². The molecule has 0 unspecified atom stereocenters. The second kappa shape index (κ2) is 2.17. The average Bonchev–Trinajstić information content (AvgIpc) is 2.13. The second-order valence-corrected chi connectivity index (χ2v) is 2.38. The SMILES string of the molecule is Cc1nnoc1C(C)C. The molecule has 0 aliphatic heterocycles. The van der Waals surface area contributed by atoms with Crippen molar-refractivity contribution in [2.75, 3.05) is 0 Å². The number of nitrogens with zero attached hydrogens (tertiary/aromatic N) is 2. The quantitative estimate of drug-likeness (QED) is 0.572. The third-order valence-corrected chi connectivity index (χ3v) is 1.21. The highest BCUT2D eigenvalue weighted by atomic mass is 16.5. The van der Waals surface area contributed by atoms with Crippen molar-refractivity contribution >= 4 is 0 Å². The zero-order valence-corrected chi connectivity index (χ0v) is 5.88. The third-order valence-electron chi connectivity index (χ3n) is 1.21. The Balaban J connectivity index is 2.94. The summed E-state index contributed by atoms with van der Waals surface area (Å²) in [7, 11) is 0. The van der Waals surface area contributed by atoms with Crippen LogP contribution in [0.15, 0.2) is 4.52 Å². The molecule has 9 heavy (non-hydrogen) atoms. The molecule has 0 saturated heterocycles. The highest BCUT2D eigenvalue weighted by Crippen LogP contribution is 2.14. The van der Waals surface area contributed by atoms with E-state index in [2.05, 4.69) is 24.2 Å². The van der Waals surface area contributed by atoms with Gasteiger partial charge in [0.05, 0.1) is 0 Å². The van der Waals surface area contributed by atoms with E-state index >= 15 is 0 Å². The number of rotatable bonds is 1. The number of hydrogen-bond acceptors (Lipinski definition) is 3. The molecular weight excluding hydrogens is 116 g/mol. The van der Waals surface area contributed by atoms with Gasteiger partial charge in [-0.3, -0.25) is 0 Å². The molecule has 1 rings (SSSR count). The van der Waals surface area contributed by atoms with E-state index in [1.54, 1.807) is 0 Å². The maximum absolute atomic E-state index is 4.86.